The van der Waals surface area contributed by atoms with Crippen molar-refractivity contribution in [2.24, 2.45) is 0 Å². The normalized spacial score (nSPS) is 11.5. The lowest BCUT2D eigenvalue weighted by Crippen LogP contribution is -2.13. The third kappa shape index (κ3) is 4.82. The second kappa shape index (κ2) is 8.49. The number of allylic oxidation sites excluding steroid dienone is 1. The van der Waals surface area contributed by atoms with Gasteiger partial charge in [0.2, 0.25) is 0 Å². The number of hydrogen-bond donors (Lipinski definition) is 0. The Labute approximate surface area is 162 Å². The summed E-state index contributed by atoms with van der Waals surface area (Å²) in [6, 6.07) is 1.65. The first kappa shape index (κ1) is 19.7. The van der Waals surface area contributed by atoms with Crippen LogP contribution in [0.25, 0.3) is 0 Å². The molecule has 0 radical (unpaired) electrons. The van der Waals surface area contributed by atoms with Crippen LogP contribution in [0.3, 0.4) is 0 Å². The fraction of sp³-hybridized carbons (Fsp3) is 0.333. The summed E-state index contributed by atoms with van der Waals surface area (Å²) in [5.41, 5.74) is 0.350. The number of Topliss-reactive ketones (excluding diaryl/α,β-unsaturated/α-hetero) is 1. The minimum Gasteiger partial charge on any atom is -0.489 e. The maximum atomic E-state index is 12.5. The van der Waals surface area contributed by atoms with Gasteiger partial charge < -0.3 is 9.64 Å². The molecule has 0 amide bonds. The lowest BCUT2D eigenvalue weighted by atomic mass is 10.0. The summed E-state index contributed by atoms with van der Waals surface area (Å²) in [5.74, 6) is 0.252. The Bertz CT molecular complexity index is 628. The monoisotopic (exact) mass is 547 g/mol. The van der Waals surface area contributed by atoms with E-state index in [1.165, 1.54) is 6.20 Å². The smallest absolute Gasteiger partial charge is 0.199 e. The van der Waals surface area contributed by atoms with Crippen LogP contribution in [0.4, 0.5) is 0 Å². The van der Waals surface area contributed by atoms with E-state index in [1.54, 1.807) is 25.1 Å². The molecular formula is C15H16ClI2NO3. The van der Waals surface area contributed by atoms with E-state index in [2.05, 4.69) is 45.2 Å². The fourth-order valence-electron chi connectivity index (χ4n) is 1.66. The average Bonchev–Trinajstić information content (AvgIpc) is 2.43. The van der Waals surface area contributed by atoms with Gasteiger partial charge in [-0.1, -0.05) is 11.6 Å². The van der Waals surface area contributed by atoms with Crippen molar-refractivity contribution in [2.45, 2.75) is 20.0 Å². The molecular weight excluding hydrogens is 531 g/mol. The highest BCUT2D eigenvalue weighted by atomic mass is 127. The molecule has 1 aromatic carbocycles. The van der Waals surface area contributed by atoms with Crippen molar-refractivity contribution in [3.8, 4) is 5.75 Å². The van der Waals surface area contributed by atoms with Crippen LogP contribution in [0.1, 0.15) is 24.2 Å². The largest absolute Gasteiger partial charge is 0.489 e. The van der Waals surface area contributed by atoms with Crippen molar-refractivity contribution in [1.29, 1.82) is 0 Å². The van der Waals surface area contributed by atoms with Gasteiger partial charge in [0.05, 0.1) is 23.8 Å². The zero-order chi connectivity index (χ0) is 17.0. The molecule has 0 fully saturated rings. The lowest BCUT2D eigenvalue weighted by molar-refractivity contribution is -0.104. The van der Waals surface area contributed by atoms with E-state index in [0.29, 0.717) is 26.2 Å². The summed E-state index contributed by atoms with van der Waals surface area (Å²) < 4.78 is 7.18. The number of ketones is 1. The van der Waals surface area contributed by atoms with E-state index in [0.717, 1.165) is 3.57 Å². The molecule has 1 aromatic rings. The van der Waals surface area contributed by atoms with E-state index < -0.39 is 5.78 Å². The third-order valence-electron chi connectivity index (χ3n) is 2.50. The number of carbonyl (C=O) groups is 2. The average molecular weight is 548 g/mol. The van der Waals surface area contributed by atoms with Gasteiger partial charge in [0, 0.05) is 25.9 Å². The van der Waals surface area contributed by atoms with Crippen LogP contribution in [0.2, 0.25) is 5.02 Å². The molecule has 120 valence electrons. The predicted molar refractivity (Wildman–Crippen MR) is 105 cm³/mol. The van der Waals surface area contributed by atoms with Crippen molar-refractivity contribution in [3.63, 3.8) is 0 Å². The molecule has 1 rings (SSSR count). The molecule has 0 spiro atoms. The maximum Gasteiger partial charge on any atom is 0.199 e. The minimum absolute atomic E-state index is 0.00109. The zero-order valence-electron chi connectivity index (χ0n) is 12.6. The number of halogens is 3. The third-order valence-corrected chi connectivity index (χ3v) is 5.04. The Morgan fingerprint density at radius 3 is 2.41 bits per heavy atom. The quantitative estimate of drug-likeness (QED) is 0.102. The highest BCUT2D eigenvalue weighted by Crippen LogP contribution is 2.37. The number of carbonyl (C=O) groups excluding carboxylic acids is 2. The van der Waals surface area contributed by atoms with Crippen molar-refractivity contribution in [2.75, 3.05) is 14.1 Å². The van der Waals surface area contributed by atoms with Gasteiger partial charge in [-0.15, -0.1) is 0 Å². The highest BCUT2D eigenvalue weighted by Gasteiger charge is 2.22. The molecule has 0 unspecified atom stereocenters. The van der Waals surface area contributed by atoms with Gasteiger partial charge in [-0.2, -0.15) is 0 Å². The van der Waals surface area contributed by atoms with Gasteiger partial charge in [0.15, 0.2) is 12.1 Å². The van der Waals surface area contributed by atoms with E-state index in [1.807, 2.05) is 13.8 Å². The summed E-state index contributed by atoms with van der Waals surface area (Å²) in [4.78, 5) is 25.3. The van der Waals surface area contributed by atoms with E-state index >= 15 is 0 Å². The predicted octanol–water partition coefficient (Wildman–Crippen LogP) is 4.16. The molecule has 0 aliphatic heterocycles. The number of nitrogens with zero attached hydrogens (tertiary/aromatic N) is 1. The van der Waals surface area contributed by atoms with Crippen LogP contribution in [0, 0.1) is 7.14 Å². The molecule has 0 heterocycles. The Morgan fingerprint density at radius 2 is 1.95 bits per heavy atom. The van der Waals surface area contributed by atoms with Gasteiger partial charge in [0.1, 0.15) is 5.75 Å². The first-order valence-corrected chi connectivity index (χ1v) is 8.94. The van der Waals surface area contributed by atoms with Crippen LogP contribution >= 0.6 is 56.8 Å². The molecule has 0 aromatic heterocycles. The Balaban J connectivity index is 3.38. The molecule has 0 saturated heterocycles. The highest BCUT2D eigenvalue weighted by molar-refractivity contribution is 14.1. The molecule has 0 saturated carbocycles. The summed E-state index contributed by atoms with van der Waals surface area (Å²) in [5, 5.41) is 0.299. The van der Waals surface area contributed by atoms with Crippen molar-refractivity contribution in [3.05, 3.63) is 35.6 Å². The summed E-state index contributed by atoms with van der Waals surface area (Å²) in [7, 11) is 3.48. The van der Waals surface area contributed by atoms with E-state index in [9.17, 15) is 9.59 Å². The molecule has 0 N–H and O–H groups in total. The zero-order valence-corrected chi connectivity index (χ0v) is 17.7. The van der Waals surface area contributed by atoms with Gasteiger partial charge in [-0.25, -0.2) is 0 Å². The standard InChI is InChI=1S/C15H16ClI2NO3/c1-8(2)22-15-11(17)5-10(12(16)13(15)18)14(21)9(7-20)6-19(3)4/h5-8H,1-4H3. The number of aldehydes is 1. The fourth-order valence-corrected chi connectivity index (χ4v) is 3.82. The number of ether oxygens (including phenoxy) is 1. The van der Waals surface area contributed by atoms with Crippen LogP contribution < -0.4 is 4.74 Å². The van der Waals surface area contributed by atoms with Crippen LogP contribution in [-0.4, -0.2) is 37.2 Å². The topological polar surface area (TPSA) is 46.6 Å². The molecule has 7 heteroatoms. The van der Waals surface area contributed by atoms with Crippen molar-refractivity contribution < 1.29 is 14.3 Å². The maximum absolute atomic E-state index is 12.5. The van der Waals surface area contributed by atoms with Gasteiger partial charge in [-0.3, -0.25) is 9.59 Å². The summed E-state index contributed by atoms with van der Waals surface area (Å²) in [6.45, 7) is 3.84. The Kier molecular flexibility index (Phi) is 7.60. The van der Waals surface area contributed by atoms with Crippen molar-refractivity contribution in [1.82, 2.24) is 4.90 Å². The summed E-state index contributed by atoms with van der Waals surface area (Å²) in [6.07, 6.45) is 2.01. The van der Waals surface area contributed by atoms with Crippen LogP contribution in [0.5, 0.6) is 5.75 Å². The van der Waals surface area contributed by atoms with Crippen LogP contribution in [0.15, 0.2) is 17.8 Å². The van der Waals surface area contributed by atoms with E-state index in [4.69, 9.17) is 16.3 Å². The summed E-state index contributed by atoms with van der Waals surface area (Å²) >= 11 is 10.5. The first-order chi connectivity index (χ1) is 10.2. The number of benzene rings is 1. The van der Waals surface area contributed by atoms with Crippen molar-refractivity contribution >= 4 is 68.9 Å². The molecule has 0 atom stereocenters. The molecule has 22 heavy (non-hydrogen) atoms. The molecule has 4 nitrogen and oxygen atoms in total. The molecule has 0 aliphatic carbocycles. The van der Waals surface area contributed by atoms with Crippen LogP contribution in [-0.2, 0) is 4.79 Å². The van der Waals surface area contributed by atoms with E-state index in [-0.39, 0.29) is 11.7 Å². The first-order valence-electron chi connectivity index (χ1n) is 6.41. The molecule has 0 aliphatic rings. The minimum atomic E-state index is -0.402. The number of rotatable bonds is 6. The van der Waals surface area contributed by atoms with Gasteiger partial charge >= 0.3 is 0 Å². The van der Waals surface area contributed by atoms with Gasteiger partial charge in [-0.05, 0) is 65.1 Å². The van der Waals surface area contributed by atoms with Gasteiger partial charge in [0.25, 0.3) is 0 Å². The Hall–Kier alpha value is -0.350. The second-order valence-corrected chi connectivity index (χ2v) is 7.64. The Morgan fingerprint density at radius 1 is 1.36 bits per heavy atom. The SMILES string of the molecule is CC(C)Oc1c(I)cc(C(=O)C(C=O)=CN(C)C)c(Cl)c1I. The lowest BCUT2D eigenvalue weighted by Gasteiger charge is -2.16. The second-order valence-electron chi connectivity index (χ2n) is 5.02. The molecule has 0 bridgehead atoms. The number of hydrogen-bond acceptors (Lipinski definition) is 4.